The summed E-state index contributed by atoms with van der Waals surface area (Å²) < 4.78 is 5.06. The Bertz CT molecular complexity index is 1100. The fraction of sp³-hybridized carbons (Fsp3) is 0.0625. The summed E-state index contributed by atoms with van der Waals surface area (Å²) in [6.45, 7) is 0. The van der Waals surface area contributed by atoms with E-state index >= 15 is 0 Å². The van der Waals surface area contributed by atoms with Gasteiger partial charge in [-0.2, -0.15) is 0 Å². The first-order valence-electron chi connectivity index (χ1n) is 6.87. The third kappa shape index (κ3) is 2.33. The molecule has 0 spiro atoms. The van der Waals surface area contributed by atoms with Crippen molar-refractivity contribution in [3.63, 3.8) is 0 Å². The Morgan fingerprint density at radius 3 is 2.83 bits per heavy atom. The van der Waals surface area contributed by atoms with Crippen LogP contribution in [0.15, 0.2) is 41.3 Å². The number of hydrogen-bond acceptors (Lipinski definition) is 4. The van der Waals surface area contributed by atoms with Gasteiger partial charge in [-0.05, 0) is 23.8 Å². The lowest BCUT2D eigenvalue weighted by Gasteiger charge is -2.07. The summed E-state index contributed by atoms with van der Waals surface area (Å²) in [5.41, 5.74) is 3.44. The van der Waals surface area contributed by atoms with Crippen molar-refractivity contribution in [2.24, 2.45) is 0 Å². The van der Waals surface area contributed by atoms with Crippen LogP contribution < -0.4 is 10.4 Å². The van der Waals surface area contributed by atoms with Crippen molar-refractivity contribution in [2.45, 2.75) is 0 Å². The van der Waals surface area contributed by atoms with Gasteiger partial charge in [-0.25, -0.2) is 14.8 Å². The van der Waals surface area contributed by atoms with E-state index in [1.165, 1.54) is 0 Å². The van der Waals surface area contributed by atoms with Gasteiger partial charge in [-0.1, -0.05) is 17.7 Å². The fourth-order valence-corrected chi connectivity index (χ4v) is 2.78. The number of rotatable bonds is 2. The van der Waals surface area contributed by atoms with E-state index in [1.54, 1.807) is 19.4 Å². The van der Waals surface area contributed by atoms with Gasteiger partial charge in [0, 0.05) is 23.2 Å². The second-order valence-corrected chi connectivity index (χ2v) is 5.48. The first-order chi connectivity index (χ1) is 11.1. The monoisotopic (exact) mass is 326 g/mol. The number of aromatic nitrogens is 4. The number of fused-ring (bicyclic) bond motifs is 2. The summed E-state index contributed by atoms with van der Waals surface area (Å²) in [6, 6.07) is 9.32. The van der Waals surface area contributed by atoms with E-state index in [1.807, 2.05) is 24.3 Å². The van der Waals surface area contributed by atoms with E-state index in [0.29, 0.717) is 22.1 Å². The lowest BCUT2D eigenvalue weighted by molar-refractivity contribution is 0.398. The first kappa shape index (κ1) is 13.8. The molecule has 0 radical (unpaired) electrons. The van der Waals surface area contributed by atoms with Crippen molar-refractivity contribution in [1.29, 1.82) is 0 Å². The van der Waals surface area contributed by atoms with E-state index < -0.39 is 0 Å². The number of benzene rings is 1. The van der Waals surface area contributed by atoms with Crippen molar-refractivity contribution < 1.29 is 4.74 Å². The predicted molar refractivity (Wildman–Crippen MR) is 89.0 cm³/mol. The van der Waals surface area contributed by atoms with E-state index in [2.05, 4.69) is 19.9 Å². The topological polar surface area (TPSA) is 83.7 Å². The Morgan fingerprint density at radius 1 is 1.17 bits per heavy atom. The molecule has 0 aliphatic rings. The zero-order valence-electron chi connectivity index (χ0n) is 12.1. The molecule has 0 bridgehead atoms. The highest BCUT2D eigenvalue weighted by molar-refractivity contribution is 6.33. The third-order valence-corrected chi connectivity index (χ3v) is 3.96. The van der Waals surface area contributed by atoms with Crippen molar-refractivity contribution in [3.8, 4) is 17.0 Å². The van der Waals surface area contributed by atoms with Crippen LogP contribution >= 0.6 is 11.6 Å². The number of imidazole rings is 1. The number of methoxy groups -OCH3 is 1. The molecule has 0 aliphatic heterocycles. The lowest BCUT2D eigenvalue weighted by Crippen LogP contribution is -1.99. The van der Waals surface area contributed by atoms with Crippen LogP contribution in [-0.4, -0.2) is 27.0 Å². The number of ether oxygens (including phenoxy) is 1. The molecule has 114 valence electrons. The highest BCUT2D eigenvalue weighted by atomic mass is 35.5. The Labute approximate surface area is 135 Å². The molecule has 3 aromatic heterocycles. The SMILES string of the molecule is COc1cc(Cl)c(-c2ccc3nc4[nH]c(=O)[nH]c4cc3c2)cn1. The molecule has 0 atom stereocenters. The Hall–Kier alpha value is -2.86. The number of pyridine rings is 2. The van der Waals surface area contributed by atoms with Gasteiger partial charge in [0.1, 0.15) is 0 Å². The van der Waals surface area contributed by atoms with Gasteiger partial charge in [0.05, 0.1) is 23.2 Å². The van der Waals surface area contributed by atoms with Crippen molar-refractivity contribution in [2.75, 3.05) is 7.11 Å². The summed E-state index contributed by atoms with van der Waals surface area (Å²) >= 11 is 6.30. The summed E-state index contributed by atoms with van der Waals surface area (Å²) in [5.74, 6) is 0.466. The quantitative estimate of drug-likeness (QED) is 0.593. The fourth-order valence-electron chi connectivity index (χ4n) is 2.53. The van der Waals surface area contributed by atoms with Gasteiger partial charge in [0.25, 0.3) is 0 Å². The van der Waals surface area contributed by atoms with Crippen molar-refractivity contribution >= 4 is 33.7 Å². The molecule has 7 heteroatoms. The molecule has 0 amide bonds. The van der Waals surface area contributed by atoms with Crippen LogP contribution in [0.25, 0.3) is 33.2 Å². The zero-order chi connectivity index (χ0) is 16.0. The summed E-state index contributed by atoms with van der Waals surface area (Å²) in [7, 11) is 1.54. The Balaban J connectivity index is 1.90. The van der Waals surface area contributed by atoms with Crippen LogP contribution in [0, 0.1) is 0 Å². The van der Waals surface area contributed by atoms with Gasteiger partial charge < -0.3 is 9.72 Å². The highest BCUT2D eigenvalue weighted by Crippen LogP contribution is 2.31. The number of hydrogen-bond donors (Lipinski definition) is 2. The molecule has 0 fully saturated rings. The normalized spacial score (nSPS) is 11.2. The number of nitrogens with one attached hydrogen (secondary N) is 2. The Morgan fingerprint density at radius 2 is 2.04 bits per heavy atom. The minimum atomic E-state index is -0.273. The molecule has 4 aromatic rings. The highest BCUT2D eigenvalue weighted by Gasteiger charge is 2.09. The van der Waals surface area contributed by atoms with Crippen molar-refractivity contribution in [1.82, 2.24) is 19.9 Å². The average Bonchev–Trinajstić information content (AvgIpc) is 2.90. The molecular formula is C16H11ClN4O2. The van der Waals surface area contributed by atoms with Crippen molar-refractivity contribution in [3.05, 3.63) is 52.0 Å². The van der Waals surface area contributed by atoms with Crippen LogP contribution in [0.3, 0.4) is 0 Å². The maximum atomic E-state index is 11.4. The van der Waals surface area contributed by atoms with Gasteiger partial charge in [-0.15, -0.1) is 0 Å². The Kier molecular flexibility index (Phi) is 3.06. The van der Waals surface area contributed by atoms with Gasteiger partial charge >= 0.3 is 5.69 Å². The van der Waals surface area contributed by atoms with Crippen LogP contribution in [0.2, 0.25) is 5.02 Å². The smallest absolute Gasteiger partial charge is 0.325 e. The van der Waals surface area contributed by atoms with Crippen LogP contribution in [0.4, 0.5) is 0 Å². The zero-order valence-corrected chi connectivity index (χ0v) is 12.8. The largest absolute Gasteiger partial charge is 0.481 e. The molecular weight excluding hydrogens is 316 g/mol. The minimum absolute atomic E-state index is 0.273. The molecule has 23 heavy (non-hydrogen) atoms. The molecule has 0 saturated heterocycles. The van der Waals surface area contributed by atoms with Crippen LogP contribution in [0.1, 0.15) is 0 Å². The molecule has 0 unspecified atom stereocenters. The summed E-state index contributed by atoms with van der Waals surface area (Å²) in [5, 5.41) is 1.46. The molecule has 3 heterocycles. The summed E-state index contributed by atoms with van der Waals surface area (Å²) in [6.07, 6.45) is 1.67. The van der Waals surface area contributed by atoms with Crippen LogP contribution in [0.5, 0.6) is 5.88 Å². The second-order valence-electron chi connectivity index (χ2n) is 5.08. The van der Waals surface area contributed by atoms with E-state index in [9.17, 15) is 4.79 Å². The third-order valence-electron chi connectivity index (χ3n) is 3.64. The number of aromatic amines is 2. The molecule has 1 aromatic carbocycles. The number of nitrogens with zero attached hydrogens (tertiary/aromatic N) is 2. The molecule has 4 rings (SSSR count). The van der Waals surface area contributed by atoms with E-state index in [0.717, 1.165) is 22.0 Å². The lowest BCUT2D eigenvalue weighted by atomic mass is 10.0. The maximum absolute atomic E-state index is 11.4. The average molecular weight is 327 g/mol. The standard InChI is InChI=1S/C16H11ClN4O2/c1-23-14-6-11(17)10(7-18-14)8-2-3-12-9(4-8)5-13-15(19-12)21-16(22)20-13/h2-7H,1H3,(H2,19,20,21,22). The molecule has 6 nitrogen and oxygen atoms in total. The predicted octanol–water partition coefficient (Wildman–Crippen LogP) is 3.13. The number of halogens is 1. The number of H-pyrrole nitrogens is 2. The maximum Gasteiger partial charge on any atom is 0.325 e. The van der Waals surface area contributed by atoms with Gasteiger partial charge in [-0.3, -0.25) is 4.98 Å². The van der Waals surface area contributed by atoms with E-state index in [4.69, 9.17) is 16.3 Å². The minimum Gasteiger partial charge on any atom is -0.481 e. The van der Waals surface area contributed by atoms with E-state index in [-0.39, 0.29) is 5.69 Å². The van der Waals surface area contributed by atoms with Gasteiger partial charge in [0.15, 0.2) is 5.65 Å². The summed E-state index contributed by atoms with van der Waals surface area (Å²) in [4.78, 5) is 25.4. The second kappa shape index (κ2) is 5.10. The molecule has 2 N–H and O–H groups in total. The molecule has 0 saturated carbocycles. The first-order valence-corrected chi connectivity index (χ1v) is 7.24. The van der Waals surface area contributed by atoms with Crippen LogP contribution in [-0.2, 0) is 0 Å². The molecule has 0 aliphatic carbocycles. The van der Waals surface area contributed by atoms with Gasteiger partial charge in [0.2, 0.25) is 5.88 Å².